The van der Waals surface area contributed by atoms with Gasteiger partial charge in [-0.15, -0.1) is 0 Å². The highest BCUT2D eigenvalue weighted by Gasteiger charge is 2.21. The quantitative estimate of drug-likeness (QED) is 0.144. The van der Waals surface area contributed by atoms with E-state index < -0.39 is 24.3 Å². The molecule has 0 aliphatic rings. The predicted octanol–water partition coefficient (Wildman–Crippen LogP) is 3.17. The SMILES string of the molecule is COC(=O)c1cnc(-c2cc3cc(OCCOc4cc(F)ccc4C=O)c(N(CCO)CC(=O)O)cc3o2)o1. The summed E-state index contributed by atoms with van der Waals surface area (Å²) < 4.78 is 40.8. The summed E-state index contributed by atoms with van der Waals surface area (Å²) in [5.74, 6) is -2.05. The molecule has 0 saturated carbocycles. The summed E-state index contributed by atoms with van der Waals surface area (Å²) in [6.07, 6.45) is 1.73. The third-order valence-corrected chi connectivity index (χ3v) is 5.44. The zero-order valence-corrected chi connectivity index (χ0v) is 20.6. The number of aromatic nitrogens is 1. The molecule has 0 aliphatic carbocycles. The zero-order valence-electron chi connectivity index (χ0n) is 20.6. The summed E-state index contributed by atoms with van der Waals surface area (Å²) in [4.78, 5) is 39.8. The monoisotopic (exact) mass is 542 g/mol. The van der Waals surface area contributed by atoms with Crippen molar-refractivity contribution in [1.82, 2.24) is 4.98 Å². The number of benzene rings is 2. The molecule has 39 heavy (non-hydrogen) atoms. The van der Waals surface area contributed by atoms with Gasteiger partial charge in [0.15, 0.2) is 12.0 Å². The number of furan rings is 1. The second-order valence-corrected chi connectivity index (χ2v) is 8.03. The molecule has 0 saturated heterocycles. The Bertz CT molecular complexity index is 1500. The maximum Gasteiger partial charge on any atom is 0.375 e. The van der Waals surface area contributed by atoms with Crippen molar-refractivity contribution in [3.05, 3.63) is 59.7 Å². The first kappa shape index (κ1) is 27.1. The molecule has 4 rings (SSSR count). The molecule has 2 aromatic heterocycles. The van der Waals surface area contributed by atoms with Crippen LogP contribution in [0.15, 0.2) is 51.4 Å². The lowest BCUT2D eigenvalue weighted by molar-refractivity contribution is -0.135. The van der Waals surface area contributed by atoms with Crippen molar-refractivity contribution in [2.75, 3.05) is 44.9 Å². The molecule has 2 aromatic carbocycles. The van der Waals surface area contributed by atoms with Crippen molar-refractivity contribution < 1.29 is 52.0 Å². The number of anilines is 1. The number of fused-ring (bicyclic) bond motifs is 1. The average Bonchev–Trinajstić information content (AvgIpc) is 3.57. The number of ether oxygens (including phenoxy) is 3. The average molecular weight is 542 g/mol. The van der Waals surface area contributed by atoms with Crippen LogP contribution in [0.4, 0.5) is 10.1 Å². The van der Waals surface area contributed by atoms with E-state index in [2.05, 4.69) is 9.72 Å². The summed E-state index contributed by atoms with van der Waals surface area (Å²) in [7, 11) is 1.20. The first-order valence-electron chi connectivity index (χ1n) is 11.5. The van der Waals surface area contributed by atoms with Gasteiger partial charge in [-0.2, -0.15) is 0 Å². The Balaban J connectivity index is 1.62. The number of esters is 1. The van der Waals surface area contributed by atoms with Gasteiger partial charge in [0.05, 0.1) is 31.2 Å². The predicted molar refractivity (Wildman–Crippen MR) is 133 cm³/mol. The number of nitrogens with zero attached hydrogens (tertiary/aromatic N) is 2. The fourth-order valence-corrected chi connectivity index (χ4v) is 3.71. The molecule has 0 amide bonds. The minimum Gasteiger partial charge on any atom is -0.489 e. The van der Waals surface area contributed by atoms with E-state index in [1.807, 2.05) is 0 Å². The number of methoxy groups -OCH3 is 1. The summed E-state index contributed by atoms with van der Waals surface area (Å²) in [5, 5.41) is 19.4. The summed E-state index contributed by atoms with van der Waals surface area (Å²) in [6, 6.07) is 8.23. The van der Waals surface area contributed by atoms with E-state index >= 15 is 0 Å². The number of carboxylic acids is 1. The van der Waals surface area contributed by atoms with Crippen LogP contribution in [-0.2, 0) is 9.53 Å². The number of rotatable bonds is 13. The number of carbonyl (C=O) groups excluding carboxylic acids is 2. The van der Waals surface area contributed by atoms with Gasteiger partial charge in [-0.25, -0.2) is 14.2 Å². The van der Waals surface area contributed by atoms with Crippen molar-refractivity contribution in [2.45, 2.75) is 0 Å². The van der Waals surface area contributed by atoms with Gasteiger partial charge in [0.2, 0.25) is 5.76 Å². The van der Waals surface area contributed by atoms with E-state index in [-0.39, 0.29) is 60.8 Å². The van der Waals surface area contributed by atoms with E-state index in [9.17, 15) is 29.0 Å². The minimum atomic E-state index is -1.14. The minimum absolute atomic E-state index is 0.0165. The van der Waals surface area contributed by atoms with Crippen LogP contribution in [-0.4, -0.2) is 73.4 Å². The van der Waals surface area contributed by atoms with Gasteiger partial charge in [-0.05, 0) is 24.3 Å². The Morgan fingerprint density at radius 2 is 1.87 bits per heavy atom. The maximum atomic E-state index is 13.6. The molecule has 13 heteroatoms. The highest BCUT2D eigenvalue weighted by Crippen LogP contribution is 2.37. The van der Waals surface area contributed by atoms with Crippen LogP contribution < -0.4 is 14.4 Å². The van der Waals surface area contributed by atoms with Crippen molar-refractivity contribution in [3.63, 3.8) is 0 Å². The molecule has 0 aliphatic heterocycles. The van der Waals surface area contributed by atoms with Gasteiger partial charge in [0, 0.05) is 24.1 Å². The highest BCUT2D eigenvalue weighted by molar-refractivity contribution is 5.89. The number of aliphatic hydroxyl groups excluding tert-OH is 1. The molecule has 2 N–H and O–H groups in total. The number of carbonyl (C=O) groups is 3. The summed E-state index contributed by atoms with van der Waals surface area (Å²) >= 11 is 0. The van der Waals surface area contributed by atoms with Gasteiger partial charge < -0.3 is 38.2 Å². The normalized spacial score (nSPS) is 10.8. The Morgan fingerprint density at radius 3 is 2.56 bits per heavy atom. The van der Waals surface area contributed by atoms with Crippen LogP contribution in [0, 0.1) is 5.82 Å². The van der Waals surface area contributed by atoms with Crippen LogP contribution >= 0.6 is 0 Å². The van der Waals surface area contributed by atoms with E-state index in [1.165, 1.54) is 30.3 Å². The van der Waals surface area contributed by atoms with E-state index in [1.54, 1.807) is 12.1 Å². The van der Waals surface area contributed by atoms with Crippen LogP contribution in [0.1, 0.15) is 20.9 Å². The Kier molecular flexibility index (Phi) is 8.41. The number of hydrogen-bond donors (Lipinski definition) is 2. The topological polar surface area (TPSA) is 162 Å². The zero-order chi connectivity index (χ0) is 27.9. The number of aldehydes is 1. The maximum absolute atomic E-state index is 13.6. The van der Waals surface area contributed by atoms with Crippen molar-refractivity contribution in [2.24, 2.45) is 0 Å². The first-order valence-corrected chi connectivity index (χ1v) is 11.5. The molecule has 2 heterocycles. The molecule has 0 radical (unpaired) electrons. The fourth-order valence-electron chi connectivity index (χ4n) is 3.71. The van der Waals surface area contributed by atoms with Gasteiger partial charge in [-0.1, -0.05) is 0 Å². The van der Waals surface area contributed by atoms with Gasteiger partial charge in [-0.3, -0.25) is 9.59 Å². The molecule has 0 unspecified atom stereocenters. The van der Waals surface area contributed by atoms with Crippen LogP contribution in [0.25, 0.3) is 22.6 Å². The molecule has 204 valence electrons. The van der Waals surface area contributed by atoms with Crippen molar-refractivity contribution >= 4 is 34.9 Å². The number of carboxylic acid groups (broad SMARTS) is 1. The third-order valence-electron chi connectivity index (χ3n) is 5.44. The molecule has 0 fully saturated rings. The Morgan fingerprint density at radius 1 is 1.10 bits per heavy atom. The Labute approximate surface area is 220 Å². The highest BCUT2D eigenvalue weighted by atomic mass is 19.1. The van der Waals surface area contributed by atoms with Crippen LogP contribution in [0.5, 0.6) is 11.5 Å². The van der Waals surface area contributed by atoms with Crippen LogP contribution in [0.2, 0.25) is 0 Å². The second kappa shape index (κ2) is 12.1. The number of halogens is 1. The van der Waals surface area contributed by atoms with E-state index in [0.29, 0.717) is 22.9 Å². The molecule has 0 atom stereocenters. The van der Waals surface area contributed by atoms with Gasteiger partial charge in [0.1, 0.15) is 42.7 Å². The lowest BCUT2D eigenvalue weighted by Crippen LogP contribution is -2.32. The largest absolute Gasteiger partial charge is 0.489 e. The summed E-state index contributed by atoms with van der Waals surface area (Å²) in [6.45, 7) is -0.921. The van der Waals surface area contributed by atoms with Crippen LogP contribution in [0.3, 0.4) is 0 Å². The number of aliphatic hydroxyl groups is 1. The smallest absolute Gasteiger partial charge is 0.375 e. The number of oxazole rings is 1. The molecule has 0 spiro atoms. The molecule has 0 bridgehead atoms. The lowest BCUT2D eigenvalue weighted by atomic mass is 10.2. The van der Waals surface area contributed by atoms with Crippen molar-refractivity contribution in [3.8, 4) is 23.1 Å². The molecular formula is C26H23FN2O10. The fraction of sp³-hybridized carbons (Fsp3) is 0.231. The number of aliphatic carboxylic acids is 1. The van der Waals surface area contributed by atoms with Gasteiger partial charge >= 0.3 is 11.9 Å². The first-order chi connectivity index (χ1) is 18.8. The number of hydrogen-bond acceptors (Lipinski definition) is 11. The third kappa shape index (κ3) is 6.33. The van der Waals surface area contributed by atoms with Crippen molar-refractivity contribution in [1.29, 1.82) is 0 Å². The molecule has 12 nitrogen and oxygen atoms in total. The van der Waals surface area contributed by atoms with E-state index in [4.69, 9.17) is 18.3 Å². The second-order valence-electron chi connectivity index (χ2n) is 8.03. The molecular weight excluding hydrogens is 519 g/mol. The summed E-state index contributed by atoms with van der Waals surface area (Å²) in [5.41, 5.74) is 0.800. The molecule has 4 aromatic rings. The lowest BCUT2D eigenvalue weighted by Gasteiger charge is -2.24. The van der Waals surface area contributed by atoms with E-state index in [0.717, 1.165) is 12.1 Å². The standard InChI is InChI=1S/C26H23FN2O10/c1-35-26(34)23-12-28-25(39-23)22-9-16-8-21(18(11-20(16)38-22)29(4-5-30)13-24(32)33)37-7-6-36-19-10-17(27)3-2-15(19)14-31/h2-3,8-12,14,30H,4-7,13H2,1H3,(H,32,33). The van der Waals surface area contributed by atoms with Gasteiger partial charge in [0.25, 0.3) is 5.89 Å². The Hall–Kier alpha value is -4.91.